The summed E-state index contributed by atoms with van der Waals surface area (Å²) in [5, 5.41) is 0. The van der Waals surface area contributed by atoms with Gasteiger partial charge in [0.2, 0.25) is 5.91 Å². The van der Waals surface area contributed by atoms with Crippen molar-refractivity contribution in [3.05, 3.63) is 0 Å². The highest BCUT2D eigenvalue weighted by Crippen LogP contribution is 2.12. The number of nitrogens with two attached hydrogens (primary N) is 1. The Balaban J connectivity index is 2.45. The van der Waals surface area contributed by atoms with Gasteiger partial charge in [-0.15, -0.1) is 0 Å². The molecule has 0 saturated carbocycles. The minimum atomic E-state index is -1.05. The predicted octanol–water partition coefficient (Wildman–Crippen LogP) is 0.294. The standard InChI is InChI=1S/C8H15FN2O/c1-2-8(12)11-4-3-7(10)6(9)5-11/h6-7H,2-5,10H2,1H3. The summed E-state index contributed by atoms with van der Waals surface area (Å²) in [7, 11) is 0. The molecule has 2 N–H and O–H groups in total. The van der Waals surface area contributed by atoms with E-state index in [1.807, 2.05) is 0 Å². The number of amides is 1. The van der Waals surface area contributed by atoms with E-state index >= 15 is 0 Å². The minimum Gasteiger partial charge on any atom is -0.340 e. The molecule has 1 fully saturated rings. The first-order valence-electron chi connectivity index (χ1n) is 4.32. The summed E-state index contributed by atoms with van der Waals surface area (Å²) in [6.07, 6.45) is -0.0243. The van der Waals surface area contributed by atoms with Crippen LogP contribution in [0.15, 0.2) is 0 Å². The van der Waals surface area contributed by atoms with Crippen molar-refractivity contribution in [3.63, 3.8) is 0 Å². The van der Waals surface area contributed by atoms with E-state index < -0.39 is 6.17 Å². The molecular weight excluding hydrogens is 159 g/mol. The summed E-state index contributed by atoms with van der Waals surface area (Å²) in [6, 6.07) is -0.383. The number of likely N-dealkylation sites (tertiary alicyclic amines) is 1. The number of hydrogen-bond acceptors (Lipinski definition) is 2. The lowest BCUT2D eigenvalue weighted by Crippen LogP contribution is -2.50. The highest BCUT2D eigenvalue weighted by atomic mass is 19.1. The first-order chi connectivity index (χ1) is 5.65. The molecule has 12 heavy (non-hydrogen) atoms. The third-order valence-electron chi connectivity index (χ3n) is 2.25. The van der Waals surface area contributed by atoms with Crippen molar-refractivity contribution < 1.29 is 9.18 Å². The van der Waals surface area contributed by atoms with Gasteiger partial charge in [0, 0.05) is 19.0 Å². The third kappa shape index (κ3) is 1.94. The predicted molar refractivity (Wildman–Crippen MR) is 44.4 cm³/mol. The van der Waals surface area contributed by atoms with Crippen LogP contribution in [0.4, 0.5) is 4.39 Å². The molecule has 0 bridgehead atoms. The number of rotatable bonds is 1. The van der Waals surface area contributed by atoms with Crippen molar-refractivity contribution in [3.8, 4) is 0 Å². The fourth-order valence-corrected chi connectivity index (χ4v) is 1.37. The first-order valence-corrected chi connectivity index (χ1v) is 4.32. The number of halogens is 1. The lowest BCUT2D eigenvalue weighted by atomic mass is 10.0. The topological polar surface area (TPSA) is 46.3 Å². The fourth-order valence-electron chi connectivity index (χ4n) is 1.37. The third-order valence-corrected chi connectivity index (χ3v) is 2.25. The summed E-state index contributed by atoms with van der Waals surface area (Å²) in [4.78, 5) is 12.7. The van der Waals surface area contributed by atoms with Crippen LogP contribution in [0.3, 0.4) is 0 Å². The summed E-state index contributed by atoms with van der Waals surface area (Å²) in [5.41, 5.74) is 5.47. The zero-order valence-electron chi connectivity index (χ0n) is 7.29. The molecular formula is C8H15FN2O. The summed E-state index contributed by atoms with van der Waals surface area (Å²) in [5.74, 6) is 0.0181. The highest BCUT2D eigenvalue weighted by Gasteiger charge is 2.27. The molecule has 0 aromatic carbocycles. The zero-order valence-corrected chi connectivity index (χ0v) is 7.29. The van der Waals surface area contributed by atoms with Gasteiger partial charge in [0.15, 0.2) is 0 Å². The monoisotopic (exact) mass is 174 g/mol. The van der Waals surface area contributed by atoms with Crippen LogP contribution >= 0.6 is 0 Å². The van der Waals surface area contributed by atoms with Crippen LogP contribution < -0.4 is 5.73 Å². The summed E-state index contributed by atoms with van der Waals surface area (Å²) in [6.45, 7) is 2.56. The number of hydrogen-bond donors (Lipinski definition) is 1. The summed E-state index contributed by atoms with van der Waals surface area (Å²) >= 11 is 0. The minimum absolute atomic E-state index is 0.0181. The SMILES string of the molecule is CCC(=O)N1CCC(N)C(F)C1. The van der Waals surface area contributed by atoms with Gasteiger partial charge in [0.1, 0.15) is 6.17 Å². The van der Waals surface area contributed by atoms with Crippen LogP contribution in [0, 0.1) is 0 Å². The zero-order chi connectivity index (χ0) is 9.14. The Morgan fingerprint density at radius 3 is 2.92 bits per heavy atom. The van der Waals surface area contributed by atoms with Crippen molar-refractivity contribution in [1.29, 1.82) is 0 Å². The number of alkyl halides is 1. The van der Waals surface area contributed by atoms with Crippen molar-refractivity contribution in [2.24, 2.45) is 5.73 Å². The van der Waals surface area contributed by atoms with Crippen molar-refractivity contribution in [2.45, 2.75) is 32.0 Å². The van der Waals surface area contributed by atoms with Gasteiger partial charge in [-0.25, -0.2) is 4.39 Å². The second-order valence-electron chi connectivity index (χ2n) is 3.16. The molecule has 2 unspecified atom stereocenters. The maximum Gasteiger partial charge on any atom is 0.222 e. The van der Waals surface area contributed by atoms with E-state index in [-0.39, 0.29) is 18.5 Å². The molecule has 0 aromatic rings. The molecule has 1 amide bonds. The molecule has 0 aromatic heterocycles. The van der Waals surface area contributed by atoms with Gasteiger partial charge in [0.25, 0.3) is 0 Å². The maximum atomic E-state index is 13.0. The van der Waals surface area contributed by atoms with Gasteiger partial charge in [0.05, 0.1) is 6.54 Å². The maximum absolute atomic E-state index is 13.0. The summed E-state index contributed by atoms with van der Waals surface area (Å²) < 4.78 is 13.0. The molecule has 0 aliphatic carbocycles. The molecule has 0 spiro atoms. The first kappa shape index (κ1) is 9.45. The van der Waals surface area contributed by atoms with E-state index in [1.54, 1.807) is 11.8 Å². The Kier molecular flexibility index (Phi) is 3.03. The highest BCUT2D eigenvalue weighted by molar-refractivity contribution is 5.75. The second kappa shape index (κ2) is 3.85. The quantitative estimate of drug-likeness (QED) is 0.621. The second-order valence-corrected chi connectivity index (χ2v) is 3.16. The van der Waals surface area contributed by atoms with E-state index in [9.17, 15) is 9.18 Å². The smallest absolute Gasteiger partial charge is 0.222 e. The fraction of sp³-hybridized carbons (Fsp3) is 0.875. The van der Waals surface area contributed by atoms with E-state index in [2.05, 4.69) is 0 Å². The Morgan fingerprint density at radius 1 is 1.75 bits per heavy atom. The lowest BCUT2D eigenvalue weighted by molar-refractivity contribution is -0.133. The molecule has 70 valence electrons. The van der Waals surface area contributed by atoms with Crippen LogP contribution in [0.1, 0.15) is 19.8 Å². The van der Waals surface area contributed by atoms with Crippen LogP contribution in [0.2, 0.25) is 0 Å². The van der Waals surface area contributed by atoms with Crippen molar-refractivity contribution in [2.75, 3.05) is 13.1 Å². The number of piperidine rings is 1. The molecule has 1 heterocycles. The Morgan fingerprint density at radius 2 is 2.42 bits per heavy atom. The molecule has 1 aliphatic rings. The van der Waals surface area contributed by atoms with E-state index in [0.717, 1.165) is 0 Å². The van der Waals surface area contributed by atoms with E-state index in [0.29, 0.717) is 19.4 Å². The van der Waals surface area contributed by atoms with Gasteiger partial charge in [-0.05, 0) is 6.42 Å². The number of carbonyl (C=O) groups excluding carboxylic acids is 1. The molecule has 2 atom stereocenters. The molecule has 1 saturated heterocycles. The van der Waals surface area contributed by atoms with Gasteiger partial charge in [-0.3, -0.25) is 4.79 Å². The lowest BCUT2D eigenvalue weighted by Gasteiger charge is -2.32. The molecule has 0 radical (unpaired) electrons. The molecule has 1 rings (SSSR count). The number of nitrogens with zero attached hydrogens (tertiary/aromatic N) is 1. The van der Waals surface area contributed by atoms with Gasteiger partial charge < -0.3 is 10.6 Å². The molecule has 1 aliphatic heterocycles. The van der Waals surface area contributed by atoms with Crippen LogP contribution in [-0.4, -0.2) is 36.1 Å². The van der Waals surface area contributed by atoms with Gasteiger partial charge in [-0.1, -0.05) is 6.92 Å². The number of carbonyl (C=O) groups is 1. The van der Waals surface area contributed by atoms with Crippen molar-refractivity contribution in [1.82, 2.24) is 4.90 Å². The molecule has 3 nitrogen and oxygen atoms in total. The van der Waals surface area contributed by atoms with E-state index in [4.69, 9.17) is 5.73 Å². The van der Waals surface area contributed by atoms with Crippen LogP contribution in [0.25, 0.3) is 0 Å². The van der Waals surface area contributed by atoms with Gasteiger partial charge >= 0.3 is 0 Å². The van der Waals surface area contributed by atoms with E-state index in [1.165, 1.54) is 0 Å². The van der Waals surface area contributed by atoms with Crippen LogP contribution in [0.5, 0.6) is 0 Å². The van der Waals surface area contributed by atoms with Crippen molar-refractivity contribution >= 4 is 5.91 Å². The Hall–Kier alpha value is -0.640. The van der Waals surface area contributed by atoms with Gasteiger partial charge in [-0.2, -0.15) is 0 Å². The largest absolute Gasteiger partial charge is 0.340 e. The Labute approximate surface area is 71.7 Å². The average molecular weight is 174 g/mol. The normalized spacial score (nSPS) is 30.4. The average Bonchev–Trinajstić information content (AvgIpc) is 2.08. The molecule has 4 heteroatoms. The Bertz CT molecular complexity index is 174. The van der Waals surface area contributed by atoms with Crippen LogP contribution in [-0.2, 0) is 4.79 Å².